The van der Waals surface area contributed by atoms with Gasteiger partial charge in [0.15, 0.2) is 0 Å². The van der Waals surface area contributed by atoms with Gasteiger partial charge in [-0.15, -0.1) is 11.3 Å². The molecule has 2 heterocycles. The quantitative estimate of drug-likeness (QED) is 0.810. The summed E-state index contributed by atoms with van der Waals surface area (Å²) in [6.45, 7) is 1.75. The van der Waals surface area contributed by atoms with Gasteiger partial charge in [-0.2, -0.15) is 0 Å². The highest BCUT2D eigenvalue weighted by Crippen LogP contribution is 2.21. The first-order chi connectivity index (χ1) is 7.59. The molecule has 0 aliphatic heterocycles. The molecule has 0 aliphatic carbocycles. The van der Waals surface area contributed by atoms with E-state index in [1.54, 1.807) is 12.4 Å². The molecule has 2 rings (SSSR count). The van der Waals surface area contributed by atoms with Gasteiger partial charge >= 0.3 is 0 Å². The average molecular weight is 235 g/mol. The lowest BCUT2D eigenvalue weighted by Crippen LogP contribution is -2.24. The zero-order valence-electron chi connectivity index (χ0n) is 8.48. The highest BCUT2D eigenvalue weighted by molar-refractivity contribution is 7.07. The molecule has 16 heavy (non-hydrogen) atoms. The second kappa shape index (κ2) is 3.90. The number of aryl methyl sites for hydroxylation is 1. The molecule has 5 nitrogen and oxygen atoms in total. The van der Waals surface area contributed by atoms with Gasteiger partial charge in [-0.1, -0.05) is 0 Å². The van der Waals surface area contributed by atoms with Crippen LogP contribution >= 0.6 is 11.3 Å². The summed E-state index contributed by atoms with van der Waals surface area (Å²) in [7, 11) is 0. The topological polar surface area (TPSA) is 88.8 Å². The van der Waals surface area contributed by atoms with Gasteiger partial charge in [-0.3, -0.25) is 9.59 Å². The Morgan fingerprint density at radius 1 is 1.56 bits per heavy atom. The molecule has 0 atom stereocenters. The first kappa shape index (κ1) is 10.6. The van der Waals surface area contributed by atoms with E-state index in [2.05, 4.69) is 9.97 Å². The van der Waals surface area contributed by atoms with Gasteiger partial charge in [0.1, 0.15) is 5.56 Å². The maximum absolute atomic E-state index is 11.4. The Labute approximate surface area is 95.0 Å². The number of nitrogens with two attached hydrogens (primary N) is 1. The molecule has 2 aromatic heterocycles. The highest BCUT2D eigenvalue weighted by atomic mass is 32.1. The van der Waals surface area contributed by atoms with Crippen molar-refractivity contribution in [1.82, 2.24) is 9.97 Å². The molecule has 0 aliphatic rings. The molecule has 0 fully saturated rings. The van der Waals surface area contributed by atoms with E-state index >= 15 is 0 Å². The number of nitrogens with zero attached hydrogens (tertiary/aromatic N) is 1. The van der Waals surface area contributed by atoms with Crippen molar-refractivity contribution in [3.8, 4) is 11.3 Å². The highest BCUT2D eigenvalue weighted by Gasteiger charge is 2.12. The molecule has 0 saturated carbocycles. The summed E-state index contributed by atoms with van der Waals surface area (Å²) in [5.41, 5.74) is 8.39. The van der Waals surface area contributed by atoms with Crippen LogP contribution in [0.2, 0.25) is 0 Å². The maximum Gasteiger partial charge on any atom is 0.261 e. The number of pyridine rings is 1. The molecule has 0 radical (unpaired) electrons. The lowest BCUT2D eigenvalue weighted by atomic mass is 10.1. The molecule has 82 valence electrons. The Balaban J connectivity index is 2.68. The van der Waals surface area contributed by atoms with Crippen LogP contribution in [0.3, 0.4) is 0 Å². The predicted octanol–water partition coefficient (Wildman–Crippen LogP) is 0.906. The van der Waals surface area contributed by atoms with E-state index in [1.807, 2.05) is 5.38 Å². The number of H-pyrrole nitrogens is 1. The van der Waals surface area contributed by atoms with Crippen LogP contribution < -0.4 is 11.3 Å². The lowest BCUT2D eigenvalue weighted by molar-refractivity contribution is 0.0999. The minimum absolute atomic E-state index is 0.0476. The number of thiazole rings is 1. The molecule has 0 aromatic carbocycles. The summed E-state index contributed by atoms with van der Waals surface area (Å²) < 4.78 is 0. The van der Waals surface area contributed by atoms with Crippen molar-refractivity contribution in [3.05, 3.63) is 38.6 Å². The Hall–Kier alpha value is -1.95. The molecule has 3 N–H and O–H groups in total. The van der Waals surface area contributed by atoms with Gasteiger partial charge in [0.05, 0.1) is 11.2 Å². The van der Waals surface area contributed by atoms with Crippen LogP contribution in [-0.4, -0.2) is 15.9 Å². The number of hydrogen-bond donors (Lipinski definition) is 2. The predicted molar refractivity (Wildman–Crippen MR) is 61.4 cm³/mol. The van der Waals surface area contributed by atoms with E-state index in [-0.39, 0.29) is 5.56 Å². The van der Waals surface area contributed by atoms with Crippen molar-refractivity contribution >= 4 is 17.2 Å². The van der Waals surface area contributed by atoms with Gasteiger partial charge < -0.3 is 10.7 Å². The molecule has 2 aromatic rings. The summed E-state index contributed by atoms with van der Waals surface area (Å²) in [5, 5.41) is 1.84. The molecule has 0 bridgehead atoms. The number of rotatable bonds is 2. The fraction of sp³-hybridized carbons (Fsp3) is 0.100. The third-order valence-corrected chi connectivity index (χ3v) is 2.80. The average Bonchev–Trinajstić information content (AvgIpc) is 2.70. The van der Waals surface area contributed by atoms with Crippen LogP contribution in [0.5, 0.6) is 0 Å². The van der Waals surface area contributed by atoms with Gasteiger partial charge in [0, 0.05) is 16.6 Å². The summed E-state index contributed by atoms with van der Waals surface area (Å²) in [6.07, 6.45) is 0. The fourth-order valence-corrected chi connectivity index (χ4v) is 1.97. The number of carbonyl (C=O) groups is 1. The van der Waals surface area contributed by atoms with E-state index in [9.17, 15) is 9.59 Å². The van der Waals surface area contributed by atoms with Crippen LogP contribution in [0, 0.1) is 6.92 Å². The Bertz CT molecular complexity index is 587. The normalized spacial score (nSPS) is 10.3. The lowest BCUT2D eigenvalue weighted by Gasteiger charge is -2.04. The number of amides is 1. The molecular weight excluding hydrogens is 226 g/mol. The van der Waals surface area contributed by atoms with Crippen molar-refractivity contribution in [2.75, 3.05) is 0 Å². The van der Waals surface area contributed by atoms with Crippen molar-refractivity contribution in [2.45, 2.75) is 6.92 Å². The first-order valence-electron chi connectivity index (χ1n) is 4.52. The SMILES string of the molecule is Cc1[nH]c(=O)c(C(N)=O)cc1-c1cscn1. The van der Waals surface area contributed by atoms with Gasteiger partial charge in [-0.05, 0) is 13.0 Å². The Morgan fingerprint density at radius 3 is 2.88 bits per heavy atom. The third kappa shape index (κ3) is 1.74. The number of primary amides is 1. The smallest absolute Gasteiger partial charge is 0.261 e. The monoisotopic (exact) mass is 235 g/mol. The van der Waals surface area contributed by atoms with Crippen LogP contribution in [0.15, 0.2) is 21.8 Å². The zero-order chi connectivity index (χ0) is 11.7. The molecule has 1 amide bonds. The summed E-state index contributed by atoms with van der Waals surface area (Å²) in [4.78, 5) is 29.2. The van der Waals surface area contributed by atoms with E-state index < -0.39 is 11.5 Å². The number of carbonyl (C=O) groups excluding carboxylic acids is 1. The van der Waals surface area contributed by atoms with Crippen molar-refractivity contribution in [3.63, 3.8) is 0 Å². The molecule has 0 saturated heterocycles. The molecule has 0 unspecified atom stereocenters. The number of aromatic nitrogens is 2. The second-order valence-electron chi connectivity index (χ2n) is 3.29. The molecule has 0 spiro atoms. The van der Waals surface area contributed by atoms with E-state index in [4.69, 9.17) is 5.73 Å². The van der Waals surface area contributed by atoms with Crippen LogP contribution in [0.25, 0.3) is 11.3 Å². The van der Waals surface area contributed by atoms with Crippen molar-refractivity contribution in [1.29, 1.82) is 0 Å². The largest absolute Gasteiger partial charge is 0.365 e. The molecular formula is C10H9N3O2S. The van der Waals surface area contributed by atoms with E-state index in [0.717, 1.165) is 11.3 Å². The zero-order valence-corrected chi connectivity index (χ0v) is 9.30. The number of aromatic amines is 1. The Morgan fingerprint density at radius 2 is 2.31 bits per heavy atom. The van der Waals surface area contributed by atoms with Gasteiger partial charge in [-0.25, -0.2) is 4.98 Å². The standard InChI is InChI=1S/C10H9N3O2S/c1-5-6(8-3-16-4-12-8)2-7(9(11)14)10(15)13-5/h2-4H,1H3,(H2,11,14)(H,13,15). The Kier molecular flexibility index (Phi) is 2.57. The summed E-state index contributed by atoms with van der Waals surface area (Å²) in [6, 6.07) is 1.48. The van der Waals surface area contributed by atoms with Crippen LogP contribution in [0.1, 0.15) is 16.1 Å². The van der Waals surface area contributed by atoms with E-state index in [1.165, 1.54) is 17.4 Å². The van der Waals surface area contributed by atoms with Crippen molar-refractivity contribution < 1.29 is 4.79 Å². The first-order valence-corrected chi connectivity index (χ1v) is 5.46. The van der Waals surface area contributed by atoms with E-state index in [0.29, 0.717) is 5.69 Å². The number of hydrogen-bond acceptors (Lipinski definition) is 4. The molecule has 6 heteroatoms. The maximum atomic E-state index is 11.4. The number of nitrogens with one attached hydrogen (secondary N) is 1. The summed E-state index contributed by atoms with van der Waals surface area (Å²) in [5.74, 6) is -0.738. The summed E-state index contributed by atoms with van der Waals surface area (Å²) >= 11 is 1.44. The van der Waals surface area contributed by atoms with Gasteiger partial charge in [0.2, 0.25) is 0 Å². The fourth-order valence-electron chi connectivity index (χ4n) is 1.42. The van der Waals surface area contributed by atoms with Gasteiger partial charge in [0.25, 0.3) is 11.5 Å². The third-order valence-electron chi connectivity index (χ3n) is 2.21. The van der Waals surface area contributed by atoms with Crippen LogP contribution in [-0.2, 0) is 0 Å². The second-order valence-corrected chi connectivity index (χ2v) is 4.01. The minimum atomic E-state index is -0.738. The van der Waals surface area contributed by atoms with Crippen molar-refractivity contribution in [2.24, 2.45) is 5.73 Å². The van der Waals surface area contributed by atoms with Crippen LogP contribution in [0.4, 0.5) is 0 Å². The minimum Gasteiger partial charge on any atom is -0.365 e.